The van der Waals surface area contributed by atoms with Gasteiger partial charge in [0, 0.05) is 37.9 Å². The lowest BCUT2D eigenvalue weighted by molar-refractivity contribution is -0.142. The van der Waals surface area contributed by atoms with Crippen LogP contribution in [-0.2, 0) is 36.1 Å². The predicted molar refractivity (Wildman–Crippen MR) is 128 cm³/mol. The fraction of sp³-hybridized carbons (Fsp3) is 0.333. The van der Waals surface area contributed by atoms with Crippen molar-refractivity contribution in [1.82, 2.24) is 14.4 Å². The van der Waals surface area contributed by atoms with Gasteiger partial charge < -0.3 is 14.4 Å². The molecule has 0 aliphatic rings. The second-order valence-electron chi connectivity index (χ2n) is 8.45. The molecule has 5 heteroatoms. The van der Waals surface area contributed by atoms with Gasteiger partial charge in [0.15, 0.2) is 0 Å². The fourth-order valence-electron chi connectivity index (χ4n) is 3.74. The average Bonchev–Trinajstić information content (AvgIpc) is 3.20. The van der Waals surface area contributed by atoms with Crippen LogP contribution in [0, 0.1) is 0 Å². The largest absolute Gasteiger partial charge is 0.353 e. The van der Waals surface area contributed by atoms with Crippen LogP contribution in [0.2, 0.25) is 0 Å². The van der Waals surface area contributed by atoms with Crippen LogP contribution in [0.3, 0.4) is 0 Å². The first-order valence-electron chi connectivity index (χ1n) is 11.2. The molecule has 5 nitrogen and oxygen atoms in total. The topological polar surface area (TPSA) is 45.6 Å². The third-order valence-corrected chi connectivity index (χ3v) is 5.69. The molecule has 3 rings (SSSR count). The predicted octanol–water partition coefficient (Wildman–Crippen LogP) is 4.42. The monoisotopic (exact) mass is 431 g/mol. The lowest BCUT2D eigenvalue weighted by atomic mass is 10.1. The van der Waals surface area contributed by atoms with Crippen molar-refractivity contribution >= 4 is 11.8 Å². The van der Waals surface area contributed by atoms with Gasteiger partial charge in [0.1, 0.15) is 0 Å². The molecule has 0 spiro atoms. The van der Waals surface area contributed by atoms with E-state index in [2.05, 4.69) is 0 Å². The van der Waals surface area contributed by atoms with Gasteiger partial charge >= 0.3 is 0 Å². The van der Waals surface area contributed by atoms with Crippen LogP contribution in [0.4, 0.5) is 0 Å². The Morgan fingerprint density at radius 1 is 0.812 bits per heavy atom. The Bertz CT molecular complexity index is 996. The highest BCUT2D eigenvalue weighted by Crippen LogP contribution is 2.13. The molecule has 0 N–H and O–H groups in total. The molecular weight excluding hydrogens is 398 g/mol. The van der Waals surface area contributed by atoms with Gasteiger partial charge in [-0.2, -0.15) is 0 Å². The van der Waals surface area contributed by atoms with E-state index in [4.69, 9.17) is 0 Å². The Hall–Kier alpha value is -3.34. The molecular formula is C27H33N3O2. The molecule has 2 amide bonds. The molecule has 0 aliphatic heterocycles. The highest BCUT2D eigenvalue weighted by molar-refractivity contribution is 5.85. The minimum Gasteiger partial charge on any atom is -0.353 e. The summed E-state index contributed by atoms with van der Waals surface area (Å²) in [6.07, 6.45) is 3.05. The van der Waals surface area contributed by atoms with Gasteiger partial charge in [-0.3, -0.25) is 9.59 Å². The van der Waals surface area contributed by atoms with Gasteiger partial charge in [-0.1, -0.05) is 60.7 Å². The molecule has 0 bridgehead atoms. The van der Waals surface area contributed by atoms with Gasteiger partial charge in [-0.25, -0.2) is 0 Å². The maximum absolute atomic E-state index is 13.4. The average molecular weight is 432 g/mol. The molecule has 0 saturated heterocycles. The molecule has 1 heterocycles. The highest BCUT2D eigenvalue weighted by atomic mass is 16.2. The van der Waals surface area contributed by atoms with Crippen molar-refractivity contribution < 1.29 is 9.59 Å². The van der Waals surface area contributed by atoms with Crippen LogP contribution >= 0.6 is 0 Å². The van der Waals surface area contributed by atoms with Crippen molar-refractivity contribution in [3.63, 3.8) is 0 Å². The minimum atomic E-state index is -0.0455. The van der Waals surface area contributed by atoms with Crippen LogP contribution in [0.1, 0.15) is 37.1 Å². The number of amides is 2. The molecule has 2 aromatic carbocycles. The van der Waals surface area contributed by atoms with Crippen molar-refractivity contribution in [2.75, 3.05) is 6.54 Å². The molecule has 0 atom stereocenters. The summed E-state index contributed by atoms with van der Waals surface area (Å²) in [5.74, 6) is -0.0347. The van der Waals surface area contributed by atoms with Gasteiger partial charge in [-0.15, -0.1) is 0 Å². The molecule has 1 aromatic heterocycles. The smallest absolute Gasteiger partial charge is 0.242 e. The van der Waals surface area contributed by atoms with Crippen LogP contribution in [0.15, 0.2) is 79.0 Å². The maximum Gasteiger partial charge on any atom is 0.242 e. The van der Waals surface area contributed by atoms with Gasteiger partial charge in [0.25, 0.3) is 0 Å². The Morgan fingerprint density at radius 2 is 1.44 bits per heavy atom. The summed E-state index contributed by atoms with van der Waals surface area (Å²) in [5.41, 5.74) is 3.26. The number of nitrogens with zero attached hydrogens (tertiary/aromatic N) is 3. The molecule has 0 unspecified atom stereocenters. The van der Waals surface area contributed by atoms with Crippen molar-refractivity contribution in [1.29, 1.82) is 0 Å². The summed E-state index contributed by atoms with van der Waals surface area (Å²) < 4.78 is 2.02. The van der Waals surface area contributed by atoms with E-state index in [1.165, 1.54) is 0 Å². The van der Waals surface area contributed by atoms with Crippen LogP contribution < -0.4 is 0 Å². The quantitative estimate of drug-likeness (QED) is 0.477. The lowest BCUT2D eigenvalue weighted by Crippen LogP contribution is -2.45. The fourth-order valence-corrected chi connectivity index (χ4v) is 3.74. The molecule has 0 saturated carbocycles. The summed E-state index contributed by atoms with van der Waals surface area (Å²) in [6, 6.07) is 23.9. The van der Waals surface area contributed by atoms with E-state index in [0.29, 0.717) is 25.9 Å². The van der Waals surface area contributed by atoms with E-state index in [1.54, 1.807) is 4.90 Å². The molecule has 0 aliphatic carbocycles. The maximum atomic E-state index is 13.4. The van der Waals surface area contributed by atoms with E-state index in [9.17, 15) is 9.59 Å². The van der Waals surface area contributed by atoms with E-state index in [1.807, 2.05) is 109 Å². The molecule has 32 heavy (non-hydrogen) atoms. The second-order valence-corrected chi connectivity index (χ2v) is 8.45. The van der Waals surface area contributed by atoms with Crippen molar-refractivity contribution in [3.05, 3.63) is 95.8 Å². The zero-order valence-corrected chi connectivity index (χ0v) is 19.3. The number of hydrogen-bond donors (Lipinski definition) is 0. The van der Waals surface area contributed by atoms with Crippen molar-refractivity contribution in [2.24, 2.45) is 7.05 Å². The van der Waals surface area contributed by atoms with Crippen LogP contribution in [-0.4, -0.2) is 38.8 Å². The first-order valence-corrected chi connectivity index (χ1v) is 11.2. The molecule has 0 fully saturated rings. The van der Waals surface area contributed by atoms with Gasteiger partial charge in [0.2, 0.25) is 11.8 Å². The third kappa shape index (κ3) is 6.58. The van der Waals surface area contributed by atoms with Crippen molar-refractivity contribution in [2.45, 2.75) is 45.8 Å². The number of benzene rings is 2. The number of rotatable bonds is 10. The molecule has 168 valence electrons. The minimum absolute atomic E-state index is 0.00994. The van der Waals surface area contributed by atoms with Crippen molar-refractivity contribution in [3.8, 4) is 0 Å². The first kappa shape index (κ1) is 23.3. The Morgan fingerprint density at radius 3 is 2.00 bits per heavy atom. The molecule has 3 aromatic rings. The Labute approximate surface area is 191 Å². The van der Waals surface area contributed by atoms with Crippen LogP contribution in [0.25, 0.3) is 0 Å². The number of aromatic nitrogens is 1. The molecule has 0 radical (unpaired) electrons. The zero-order chi connectivity index (χ0) is 22.9. The Balaban J connectivity index is 1.70. The summed E-state index contributed by atoms with van der Waals surface area (Å²) in [4.78, 5) is 29.9. The Kier molecular flexibility index (Phi) is 8.26. The summed E-state index contributed by atoms with van der Waals surface area (Å²) in [7, 11) is 1.98. The van der Waals surface area contributed by atoms with E-state index < -0.39 is 0 Å². The first-order chi connectivity index (χ1) is 15.4. The van der Waals surface area contributed by atoms with Gasteiger partial charge in [0.05, 0.1) is 13.1 Å². The summed E-state index contributed by atoms with van der Waals surface area (Å²) in [6.45, 7) is 5.03. The zero-order valence-electron chi connectivity index (χ0n) is 19.3. The standard InChI is InChI=1S/C27H33N3O2/c1-22(2)30(26(31)17-16-23-11-6-4-7-12-23)21-27(32)29(19-24-13-8-5-9-14-24)20-25-15-10-18-28(25)3/h4-15,18,22H,16-17,19-21H2,1-3H3. The van der Waals surface area contributed by atoms with E-state index in [0.717, 1.165) is 16.8 Å². The normalized spacial score (nSPS) is 10.9. The SMILES string of the molecule is CC(C)N(CC(=O)N(Cc1ccccc1)Cc1cccn1C)C(=O)CCc1ccccc1. The highest BCUT2D eigenvalue weighted by Gasteiger charge is 2.24. The second kappa shape index (κ2) is 11.3. The number of hydrogen-bond acceptors (Lipinski definition) is 2. The van der Waals surface area contributed by atoms with Gasteiger partial charge in [-0.05, 0) is 43.5 Å². The number of aryl methyl sites for hydroxylation is 2. The van der Waals surface area contributed by atoms with E-state index >= 15 is 0 Å². The lowest BCUT2D eigenvalue weighted by Gasteiger charge is -2.30. The van der Waals surface area contributed by atoms with E-state index in [-0.39, 0.29) is 24.4 Å². The summed E-state index contributed by atoms with van der Waals surface area (Å²) in [5, 5.41) is 0. The summed E-state index contributed by atoms with van der Waals surface area (Å²) >= 11 is 0. The number of carbonyl (C=O) groups excluding carboxylic acids is 2. The number of carbonyl (C=O) groups is 2. The van der Waals surface area contributed by atoms with Crippen LogP contribution in [0.5, 0.6) is 0 Å². The third-order valence-electron chi connectivity index (χ3n) is 5.69.